The molecule has 0 unspecified atom stereocenters. The number of nitrogens with zero attached hydrogens (tertiary/aromatic N) is 1. The lowest BCUT2D eigenvalue weighted by atomic mass is 9.95. The number of benzene rings is 1. The van der Waals surface area contributed by atoms with E-state index in [4.69, 9.17) is 9.94 Å². The minimum atomic E-state index is -0.190. The quantitative estimate of drug-likeness (QED) is 0.768. The van der Waals surface area contributed by atoms with Crippen LogP contribution in [0, 0.1) is 5.92 Å². The van der Waals surface area contributed by atoms with Gasteiger partial charge >= 0.3 is 0 Å². The summed E-state index contributed by atoms with van der Waals surface area (Å²) in [7, 11) is 0. The fourth-order valence-electron chi connectivity index (χ4n) is 1.59. The Balaban J connectivity index is 2.22. The molecule has 1 aliphatic rings. The second-order valence-electron chi connectivity index (χ2n) is 3.46. The lowest BCUT2D eigenvalue weighted by molar-refractivity contribution is 0.0211. The molecule has 1 aliphatic heterocycles. The Bertz CT molecular complexity index is 334. The fourth-order valence-corrected chi connectivity index (χ4v) is 1.59. The summed E-state index contributed by atoms with van der Waals surface area (Å²) in [6.45, 7) is 2.03. The molecular weight excluding hydrogens is 178 g/mol. The normalized spacial score (nSPS) is 25.7. The number of aliphatic hydroxyl groups excluding tert-OH is 1. The van der Waals surface area contributed by atoms with Gasteiger partial charge in [-0.2, -0.15) is 0 Å². The van der Waals surface area contributed by atoms with Crippen molar-refractivity contribution < 1.29 is 9.94 Å². The van der Waals surface area contributed by atoms with Crippen LogP contribution < -0.4 is 0 Å². The third-order valence-corrected chi connectivity index (χ3v) is 2.52. The van der Waals surface area contributed by atoms with Gasteiger partial charge in [0.2, 0.25) is 0 Å². The number of aliphatic hydroxyl groups is 1. The second-order valence-corrected chi connectivity index (χ2v) is 3.46. The van der Waals surface area contributed by atoms with Crippen molar-refractivity contribution in [2.75, 3.05) is 6.61 Å². The van der Waals surface area contributed by atoms with Crippen LogP contribution in [0.5, 0.6) is 0 Å². The van der Waals surface area contributed by atoms with Gasteiger partial charge in [0.05, 0.1) is 12.3 Å². The molecule has 0 saturated carbocycles. The summed E-state index contributed by atoms with van der Waals surface area (Å²) in [6.07, 6.45) is -0.190. The third kappa shape index (κ3) is 1.51. The van der Waals surface area contributed by atoms with Crippen molar-refractivity contribution in [2.24, 2.45) is 11.1 Å². The molecule has 2 rings (SSSR count). The highest BCUT2D eigenvalue weighted by Gasteiger charge is 2.30. The predicted octanol–water partition coefficient (Wildman–Crippen LogP) is 1.42. The van der Waals surface area contributed by atoms with Crippen LogP contribution in [-0.2, 0) is 4.84 Å². The van der Waals surface area contributed by atoms with Gasteiger partial charge in [0.25, 0.3) is 0 Å². The maximum absolute atomic E-state index is 9.00. The Labute approximate surface area is 83.0 Å². The monoisotopic (exact) mass is 191 g/mol. The Morgan fingerprint density at radius 2 is 2.07 bits per heavy atom. The highest BCUT2D eigenvalue weighted by Crippen LogP contribution is 2.22. The van der Waals surface area contributed by atoms with Gasteiger partial charge in [-0.3, -0.25) is 0 Å². The van der Waals surface area contributed by atoms with Gasteiger partial charge in [0.15, 0.2) is 6.10 Å². The van der Waals surface area contributed by atoms with Crippen LogP contribution >= 0.6 is 0 Å². The van der Waals surface area contributed by atoms with Gasteiger partial charge in [-0.25, -0.2) is 0 Å². The lowest BCUT2D eigenvalue weighted by Gasteiger charge is -2.10. The fraction of sp³-hybridized carbons (Fsp3) is 0.364. The molecule has 3 nitrogen and oxygen atoms in total. The van der Waals surface area contributed by atoms with E-state index in [9.17, 15) is 0 Å². The van der Waals surface area contributed by atoms with Crippen molar-refractivity contribution in [2.45, 2.75) is 13.0 Å². The SMILES string of the molecule is C[C@@H]1C(c2ccccc2)=NO[C@@H]1CO. The van der Waals surface area contributed by atoms with E-state index in [1.165, 1.54) is 0 Å². The van der Waals surface area contributed by atoms with E-state index in [-0.39, 0.29) is 18.6 Å². The molecule has 0 spiro atoms. The molecule has 0 saturated heterocycles. The third-order valence-electron chi connectivity index (χ3n) is 2.52. The zero-order valence-electron chi connectivity index (χ0n) is 8.05. The van der Waals surface area contributed by atoms with Crippen LogP contribution in [0.15, 0.2) is 35.5 Å². The van der Waals surface area contributed by atoms with E-state index in [2.05, 4.69) is 5.16 Å². The number of hydrogen-bond acceptors (Lipinski definition) is 3. The molecule has 1 N–H and O–H groups in total. The van der Waals surface area contributed by atoms with Crippen molar-refractivity contribution in [3.8, 4) is 0 Å². The van der Waals surface area contributed by atoms with Gasteiger partial charge in [0.1, 0.15) is 0 Å². The van der Waals surface area contributed by atoms with Crippen LogP contribution in [0.3, 0.4) is 0 Å². The molecule has 1 aromatic rings. The van der Waals surface area contributed by atoms with Crippen molar-refractivity contribution in [3.05, 3.63) is 35.9 Å². The Morgan fingerprint density at radius 3 is 2.64 bits per heavy atom. The predicted molar refractivity (Wildman–Crippen MR) is 54.1 cm³/mol. The summed E-state index contributed by atoms with van der Waals surface area (Å²) in [5.41, 5.74) is 1.99. The zero-order chi connectivity index (χ0) is 9.97. The van der Waals surface area contributed by atoms with Crippen molar-refractivity contribution in [1.82, 2.24) is 0 Å². The first-order valence-electron chi connectivity index (χ1n) is 4.73. The Hall–Kier alpha value is -1.35. The van der Waals surface area contributed by atoms with Crippen LogP contribution in [0.1, 0.15) is 12.5 Å². The first-order chi connectivity index (χ1) is 6.83. The second kappa shape index (κ2) is 3.80. The molecular formula is C11H13NO2. The van der Waals surface area contributed by atoms with Crippen molar-refractivity contribution in [1.29, 1.82) is 0 Å². The summed E-state index contributed by atoms with van der Waals surface area (Å²) < 4.78 is 0. The molecule has 2 atom stereocenters. The smallest absolute Gasteiger partial charge is 0.158 e. The molecule has 14 heavy (non-hydrogen) atoms. The molecule has 3 heteroatoms. The molecule has 0 amide bonds. The van der Waals surface area contributed by atoms with Gasteiger partial charge < -0.3 is 9.94 Å². The average molecular weight is 191 g/mol. The summed E-state index contributed by atoms with van der Waals surface area (Å²) in [5.74, 6) is 0.155. The summed E-state index contributed by atoms with van der Waals surface area (Å²) >= 11 is 0. The minimum absolute atomic E-state index is 0.0149. The van der Waals surface area contributed by atoms with Gasteiger partial charge in [-0.05, 0) is 5.56 Å². The first-order valence-corrected chi connectivity index (χ1v) is 4.73. The minimum Gasteiger partial charge on any atom is -0.392 e. The molecule has 1 aromatic carbocycles. The molecule has 0 aromatic heterocycles. The van der Waals surface area contributed by atoms with E-state index < -0.39 is 0 Å². The molecule has 0 aliphatic carbocycles. The highest BCUT2D eigenvalue weighted by molar-refractivity contribution is 6.02. The first kappa shape index (κ1) is 9.21. The number of oxime groups is 1. The van der Waals surface area contributed by atoms with E-state index in [0.29, 0.717) is 0 Å². The topological polar surface area (TPSA) is 41.8 Å². The zero-order valence-corrected chi connectivity index (χ0v) is 8.05. The van der Waals surface area contributed by atoms with Crippen LogP contribution in [0.25, 0.3) is 0 Å². The summed E-state index contributed by atoms with van der Waals surface area (Å²) in [5, 5.41) is 13.0. The van der Waals surface area contributed by atoms with Crippen LogP contribution in [0.4, 0.5) is 0 Å². The molecule has 74 valence electrons. The van der Waals surface area contributed by atoms with Gasteiger partial charge in [-0.1, -0.05) is 42.4 Å². The molecule has 0 fully saturated rings. The molecule has 1 heterocycles. The molecule has 0 radical (unpaired) electrons. The summed E-state index contributed by atoms with van der Waals surface area (Å²) in [6, 6.07) is 9.90. The highest BCUT2D eigenvalue weighted by atomic mass is 16.6. The summed E-state index contributed by atoms with van der Waals surface area (Å²) in [4.78, 5) is 5.12. The van der Waals surface area contributed by atoms with E-state index in [1.807, 2.05) is 37.3 Å². The number of hydrogen-bond donors (Lipinski definition) is 1. The van der Waals surface area contributed by atoms with Gasteiger partial charge in [-0.15, -0.1) is 0 Å². The largest absolute Gasteiger partial charge is 0.392 e. The number of rotatable bonds is 2. The van der Waals surface area contributed by atoms with E-state index in [0.717, 1.165) is 11.3 Å². The van der Waals surface area contributed by atoms with Crippen molar-refractivity contribution in [3.63, 3.8) is 0 Å². The maximum Gasteiger partial charge on any atom is 0.158 e. The molecule has 0 bridgehead atoms. The van der Waals surface area contributed by atoms with Crippen LogP contribution in [0.2, 0.25) is 0 Å². The average Bonchev–Trinajstić information content (AvgIpc) is 2.61. The van der Waals surface area contributed by atoms with Crippen molar-refractivity contribution >= 4 is 5.71 Å². The van der Waals surface area contributed by atoms with Gasteiger partial charge in [0, 0.05) is 5.92 Å². The van der Waals surface area contributed by atoms with E-state index >= 15 is 0 Å². The lowest BCUT2D eigenvalue weighted by Crippen LogP contribution is -2.24. The Morgan fingerprint density at radius 1 is 1.36 bits per heavy atom. The standard InChI is InChI=1S/C11H13NO2/c1-8-10(7-13)14-12-11(8)9-5-3-2-4-6-9/h2-6,8,10,13H,7H2,1H3/t8-,10+/m0/s1. The van der Waals surface area contributed by atoms with Crippen LogP contribution in [-0.4, -0.2) is 23.5 Å². The Kier molecular flexibility index (Phi) is 2.50. The van der Waals surface area contributed by atoms with E-state index in [1.54, 1.807) is 0 Å². The maximum atomic E-state index is 9.00.